The van der Waals surface area contributed by atoms with Crippen molar-refractivity contribution in [3.05, 3.63) is 47.8 Å². The van der Waals surface area contributed by atoms with Gasteiger partial charge in [0.15, 0.2) is 0 Å². The highest BCUT2D eigenvalue weighted by atomic mass is 19.1. The zero-order valence-corrected chi connectivity index (χ0v) is 14.4. The molecule has 1 aliphatic heterocycles. The molecule has 136 valence electrons. The van der Waals surface area contributed by atoms with Crippen LogP contribution in [0.25, 0.3) is 6.08 Å². The Kier molecular flexibility index (Phi) is 5.40. The fourth-order valence-electron chi connectivity index (χ4n) is 3.10. The molecule has 3 rings (SSSR count). The van der Waals surface area contributed by atoms with Crippen LogP contribution in [0.4, 0.5) is 10.1 Å². The number of pyridine rings is 1. The van der Waals surface area contributed by atoms with Gasteiger partial charge >= 0.3 is 0 Å². The van der Waals surface area contributed by atoms with Gasteiger partial charge in [-0.2, -0.15) is 5.10 Å². The molecule has 2 N–H and O–H groups in total. The maximum absolute atomic E-state index is 13.2. The van der Waals surface area contributed by atoms with Crippen molar-refractivity contribution >= 4 is 23.6 Å². The number of halogens is 1. The minimum absolute atomic E-state index is 0.0706. The lowest BCUT2D eigenvalue weighted by atomic mass is 9.94. The van der Waals surface area contributed by atoms with E-state index in [4.69, 9.17) is 0 Å². The first-order valence-electron chi connectivity index (χ1n) is 8.41. The van der Waals surface area contributed by atoms with Crippen molar-refractivity contribution in [1.82, 2.24) is 20.1 Å². The molecule has 1 saturated heterocycles. The van der Waals surface area contributed by atoms with E-state index in [1.54, 1.807) is 17.2 Å². The average Bonchev–Trinajstić information content (AvgIpc) is 3.07. The molecule has 2 aromatic heterocycles. The first kappa shape index (κ1) is 17.8. The number of hydrogen-bond acceptors (Lipinski definition) is 4. The van der Waals surface area contributed by atoms with Gasteiger partial charge in [0.05, 0.1) is 23.8 Å². The van der Waals surface area contributed by atoms with Crippen molar-refractivity contribution < 1.29 is 14.0 Å². The van der Waals surface area contributed by atoms with E-state index in [0.29, 0.717) is 24.3 Å². The highest BCUT2D eigenvalue weighted by Gasteiger charge is 2.26. The molecule has 0 aromatic carbocycles. The molecular formula is C18H20FN5O2. The van der Waals surface area contributed by atoms with Crippen LogP contribution in [0.5, 0.6) is 0 Å². The van der Waals surface area contributed by atoms with E-state index in [-0.39, 0.29) is 17.7 Å². The summed E-state index contributed by atoms with van der Waals surface area (Å²) in [4.78, 5) is 29.3. The Balaban J connectivity index is 1.67. The summed E-state index contributed by atoms with van der Waals surface area (Å²) in [7, 11) is 0. The number of carbonyl (C=O) groups is 2. The molecule has 1 aliphatic rings. The van der Waals surface area contributed by atoms with Gasteiger partial charge in [-0.05, 0) is 30.5 Å². The number of carbonyl (C=O) groups excluding carboxylic acids is 2. The number of hydrogen-bond donors (Lipinski definition) is 2. The van der Waals surface area contributed by atoms with E-state index in [9.17, 15) is 14.0 Å². The highest BCUT2D eigenvalue weighted by molar-refractivity contribution is 5.92. The van der Waals surface area contributed by atoms with Gasteiger partial charge in [-0.1, -0.05) is 0 Å². The van der Waals surface area contributed by atoms with Crippen molar-refractivity contribution in [2.24, 2.45) is 0 Å². The fourth-order valence-corrected chi connectivity index (χ4v) is 3.10. The van der Waals surface area contributed by atoms with Crippen LogP contribution in [0.3, 0.4) is 0 Å². The lowest BCUT2D eigenvalue weighted by Gasteiger charge is -2.32. The zero-order valence-electron chi connectivity index (χ0n) is 14.4. The molecule has 2 aromatic rings. The summed E-state index contributed by atoms with van der Waals surface area (Å²) in [6.45, 7) is 2.63. The van der Waals surface area contributed by atoms with E-state index in [1.165, 1.54) is 25.3 Å². The summed E-state index contributed by atoms with van der Waals surface area (Å²) in [5.41, 5.74) is 2.02. The Bertz CT molecular complexity index is 832. The monoisotopic (exact) mass is 357 g/mol. The molecule has 0 aliphatic carbocycles. The smallest absolute Gasteiger partial charge is 0.246 e. The molecule has 0 saturated carbocycles. The van der Waals surface area contributed by atoms with E-state index in [0.717, 1.165) is 24.7 Å². The third-order valence-electron chi connectivity index (χ3n) is 4.27. The third-order valence-corrected chi connectivity index (χ3v) is 4.27. The Hall–Kier alpha value is -3.03. The second kappa shape index (κ2) is 7.90. The Morgan fingerprint density at radius 2 is 2.23 bits per heavy atom. The number of amides is 2. The van der Waals surface area contributed by atoms with Crippen LogP contribution in [0.2, 0.25) is 0 Å². The summed E-state index contributed by atoms with van der Waals surface area (Å²) in [6, 6.07) is 1.32. The Morgan fingerprint density at radius 3 is 3.00 bits per heavy atom. The van der Waals surface area contributed by atoms with Crippen LogP contribution < -0.4 is 5.32 Å². The second-order valence-corrected chi connectivity index (χ2v) is 6.27. The van der Waals surface area contributed by atoms with Crippen LogP contribution in [0.1, 0.15) is 36.9 Å². The first-order valence-corrected chi connectivity index (χ1v) is 8.41. The SMILES string of the molecule is CC(=O)Nc1cn[nH]c1C1CCCN(C(=O)/C=C/c2cncc(F)c2)C1. The number of nitrogens with one attached hydrogen (secondary N) is 2. The standard InChI is InChI=1S/C18H20FN5O2/c1-12(25)22-16-10-21-23-18(16)14-3-2-6-24(11-14)17(26)5-4-13-7-15(19)9-20-8-13/h4-5,7-10,14H,2-3,6,11H2,1H3,(H,21,23)(H,22,25)/b5-4+. The number of nitrogens with zero attached hydrogens (tertiary/aromatic N) is 3. The number of aromatic amines is 1. The first-order chi connectivity index (χ1) is 12.5. The normalized spacial score (nSPS) is 17.5. The minimum atomic E-state index is -0.442. The van der Waals surface area contributed by atoms with Gasteiger partial charge < -0.3 is 10.2 Å². The van der Waals surface area contributed by atoms with Gasteiger partial charge in [0.2, 0.25) is 11.8 Å². The topological polar surface area (TPSA) is 91.0 Å². The molecular weight excluding hydrogens is 337 g/mol. The fraction of sp³-hybridized carbons (Fsp3) is 0.333. The van der Waals surface area contributed by atoms with Crippen LogP contribution in [0, 0.1) is 5.82 Å². The molecule has 0 radical (unpaired) electrons. The predicted molar refractivity (Wildman–Crippen MR) is 94.7 cm³/mol. The number of aromatic nitrogens is 3. The van der Waals surface area contributed by atoms with Gasteiger partial charge in [-0.3, -0.25) is 19.7 Å². The lowest BCUT2D eigenvalue weighted by Crippen LogP contribution is -2.38. The molecule has 1 atom stereocenters. The van der Waals surface area contributed by atoms with Crippen LogP contribution in [-0.4, -0.2) is 45.0 Å². The highest BCUT2D eigenvalue weighted by Crippen LogP contribution is 2.30. The molecule has 1 unspecified atom stereocenters. The molecule has 8 heteroatoms. The van der Waals surface area contributed by atoms with E-state index >= 15 is 0 Å². The van der Waals surface area contributed by atoms with E-state index < -0.39 is 5.82 Å². The van der Waals surface area contributed by atoms with Crippen molar-refractivity contribution in [2.45, 2.75) is 25.7 Å². The van der Waals surface area contributed by atoms with E-state index in [2.05, 4.69) is 20.5 Å². The largest absolute Gasteiger partial charge is 0.338 e. The van der Waals surface area contributed by atoms with Gasteiger partial charge in [0, 0.05) is 38.2 Å². The summed E-state index contributed by atoms with van der Waals surface area (Å²) in [6.07, 6.45) is 8.93. The number of piperidine rings is 1. The maximum Gasteiger partial charge on any atom is 0.246 e. The quantitative estimate of drug-likeness (QED) is 0.822. The third kappa shape index (κ3) is 4.33. The molecule has 0 spiro atoms. The Labute approximate surface area is 150 Å². The number of rotatable bonds is 4. The van der Waals surface area contributed by atoms with Crippen molar-refractivity contribution in [2.75, 3.05) is 18.4 Å². The minimum Gasteiger partial charge on any atom is -0.338 e. The Morgan fingerprint density at radius 1 is 1.38 bits per heavy atom. The predicted octanol–water partition coefficient (Wildman–Crippen LogP) is 2.32. The van der Waals surface area contributed by atoms with Gasteiger partial charge in [0.25, 0.3) is 0 Å². The van der Waals surface area contributed by atoms with Crippen molar-refractivity contribution in [3.8, 4) is 0 Å². The number of likely N-dealkylation sites (tertiary alicyclic amines) is 1. The summed E-state index contributed by atoms with van der Waals surface area (Å²) >= 11 is 0. The lowest BCUT2D eigenvalue weighted by molar-refractivity contribution is -0.127. The van der Waals surface area contributed by atoms with Gasteiger partial charge in [0.1, 0.15) is 5.82 Å². The molecule has 3 heterocycles. The molecule has 0 bridgehead atoms. The van der Waals surface area contributed by atoms with Crippen molar-refractivity contribution in [3.63, 3.8) is 0 Å². The number of H-pyrrole nitrogens is 1. The van der Waals surface area contributed by atoms with Crippen LogP contribution >= 0.6 is 0 Å². The second-order valence-electron chi connectivity index (χ2n) is 6.27. The number of anilines is 1. The zero-order chi connectivity index (χ0) is 18.5. The maximum atomic E-state index is 13.2. The van der Waals surface area contributed by atoms with Gasteiger partial charge in [-0.25, -0.2) is 4.39 Å². The van der Waals surface area contributed by atoms with Crippen molar-refractivity contribution in [1.29, 1.82) is 0 Å². The summed E-state index contributed by atoms with van der Waals surface area (Å²) < 4.78 is 13.2. The van der Waals surface area contributed by atoms with Crippen LogP contribution in [0.15, 0.2) is 30.7 Å². The summed E-state index contributed by atoms with van der Waals surface area (Å²) in [5, 5.41) is 9.69. The molecule has 2 amide bonds. The molecule has 26 heavy (non-hydrogen) atoms. The molecule has 7 nitrogen and oxygen atoms in total. The van der Waals surface area contributed by atoms with Crippen LogP contribution in [-0.2, 0) is 9.59 Å². The average molecular weight is 357 g/mol. The summed E-state index contributed by atoms with van der Waals surface area (Å²) in [5.74, 6) is -0.675. The van der Waals surface area contributed by atoms with Gasteiger partial charge in [-0.15, -0.1) is 0 Å². The van der Waals surface area contributed by atoms with E-state index in [1.807, 2.05) is 0 Å². The molecule has 1 fully saturated rings.